The van der Waals surface area contributed by atoms with Gasteiger partial charge in [-0.1, -0.05) is 29.8 Å². The third-order valence-corrected chi connectivity index (χ3v) is 3.87. The summed E-state index contributed by atoms with van der Waals surface area (Å²) in [5.41, 5.74) is 2.36. The van der Waals surface area contributed by atoms with E-state index in [2.05, 4.69) is 24.4 Å². The molecule has 0 bridgehead atoms. The zero-order valence-corrected chi connectivity index (χ0v) is 10.3. The van der Waals surface area contributed by atoms with Crippen LogP contribution in [0.15, 0.2) is 24.3 Å². The fourth-order valence-corrected chi connectivity index (χ4v) is 2.77. The molecule has 1 unspecified atom stereocenters. The van der Waals surface area contributed by atoms with Gasteiger partial charge in [0.05, 0.1) is 6.04 Å². The highest BCUT2D eigenvalue weighted by Gasteiger charge is 2.20. The van der Waals surface area contributed by atoms with Crippen LogP contribution in [0.3, 0.4) is 0 Å². The van der Waals surface area contributed by atoms with E-state index in [1.165, 1.54) is 5.56 Å². The summed E-state index contributed by atoms with van der Waals surface area (Å²) in [5.74, 6) is 2.36. The highest BCUT2D eigenvalue weighted by atomic mass is 32.2. The van der Waals surface area contributed by atoms with Crippen molar-refractivity contribution in [3.63, 3.8) is 0 Å². The molecule has 0 amide bonds. The van der Waals surface area contributed by atoms with Gasteiger partial charge in [-0.2, -0.15) is 11.8 Å². The number of carbonyl (C=O) groups excluding carboxylic acids is 1. The lowest BCUT2D eigenvalue weighted by molar-refractivity contribution is -0.119. The number of rotatable bonds is 3. The fraction of sp³-hybridized carbons (Fsp3) is 0.462. The second-order valence-corrected chi connectivity index (χ2v) is 5.36. The Balaban J connectivity index is 1.93. The Kier molecular flexibility index (Phi) is 4.02. The molecule has 0 spiro atoms. The number of aryl methyl sites for hydroxylation is 1. The van der Waals surface area contributed by atoms with Crippen molar-refractivity contribution in [3.05, 3.63) is 35.4 Å². The first-order valence-electron chi connectivity index (χ1n) is 5.65. The second kappa shape index (κ2) is 5.51. The minimum Gasteiger partial charge on any atom is -0.306 e. The van der Waals surface area contributed by atoms with Crippen LogP contribution < -0.4 is 5.32 Å². The molecule has 1 N–H and O–H groups in total. The van der Waals surface area contributed by atoms with Crippen molar-refractivity contribution in [1.82, 2.24) is 5.32 Å². The van der Waals surface area contributed by atoms with Gasteiger partial charge >= 0.3 is 0 Å². The average Bonchev–Trinajstić information content (AvgIpc) is 2.33. The Morgan fingerprint density at radius 2 is 2.19 bits per heavy atom. The van der Waals surface area contributed by atoms with Crippen molar-refractivity contribution in [2.24, 2.45) is 0 Å². The minimum absolute atomic E-state index is 0.0556. The quantitative estimate of drug-likeness (QED) is 0.866. The van der Waals surface area contributed by atoms with Crippen LogP contribution in [0.25, 0.3) is 0 Å². The lowest BCUT2D eigenvalue weighted by Gasteiger charge is -2.21. The maximum atomic E-state index is 12.0. The summed E-state index contributed by atoms with van der Waals surface area (Å²) in [7, 11) is 0. The van der Waals surface area contributed by atoms with Crippen molar-refractivity contribution in [2.75, 3.05) is 18.1 Å². The number of nitrogens with one attached hydrogen (secondary N) is 1. The molecule has 1 aromatic rings. The summed E-state index contributed by atoms with van der Waals surface area (Å²) in [5, 5.41) is 3.28. The second-order valence-electron chi connectivity index (χ2n) is 4.21. The van der Waals surface area contributed by atoms with Gasteiger partial charge in [-0.15, -0.1) is 0 Å². The van der Waals surface area contributed by atoms with E-state index in [4.69, 9.17) is 0 Å². The lowest BCUT2D eigenvalue weighted by Crippen LogP contribution is -2.44. The van der Waals surface area contributed by atoms with E-state index in [-0.39, 0.29) is 6.04 Å². The zero-order chi connectivity index (χ0) is 11.4. The Bertz CT molecular complexity index is 355. The van der Waals surface area contributed by atoms with Gasteiger partial charge in [0.2, 0.25) is 0 Å². The van der Waals surface area contributed by atoms with Crippen LogP contribution in [0.1, 0.15) is 11.1 Å². The van der Waals surface area contributed by atoms with Gasteiger partial charge < -0.3 is 5.32 Å². The third kappa shape index (κ3) is 3.09. The highest BCUT2D eigenvalue weighted by molar-refractivity contribution is 7.99. The monoisotopic (exact) mass is 235 g/mol. The molecule has 2 rings (SSSR count). The molecule has 1 aliphatic rings. The Morgan fingerprint density at radius 3 is 2.81 bits per heavy atom. The van der Waals surface area contributed by atoms with Gasteiger partial charge in [0.1, 0.15) is 0 Å². The average molecular weight is 235 g/mol. The number of ketones is 1. The third-order valence-electron chi connectivity index (χ3n) is 2.81. The van der Waals surface area contributed by atoms with Crippen molar-refractivity contribution in [1.29, 1.82) is 0 Å². The Hall–Kier alpha value is -0.800. The lowest BCUT2D eigenvalue weighted by atomic mass is 10.0. The van der Waals surface area contributed by atoms with Crippen LogP contribution in [-0.4, -0.2) is 29.9 Å². The Morgan fingerprint density at radius 1 is 1.44 bits per heavy atom. The van der Waals surface area contributed by atoms with Crippen molar-refractivity contribution in [2.45, 2.75) is 19.4 Å². The molecule has 1 atom stereocenters. The molecule has 0 aliphatic carbocycles. The first-order chi connectivity index (χ1) is 7.75. The van der Waals surface area contributed by atoms with E-state index in [9.17, 15) is 4.79 Å². The predicted octanol–water partition coefficient (Wildman–Crippen LogP) is 1.81. The summed E-state index contributed by atoms with van der Waals surface area (Å²) >= 11 is 1.86. The van der Waals surface area contributed by atoms with Gasteiger partial charge in [0.25, 0.3) is 0 Å². The molecule has 16 heavy (non-hydrogen) atoms. The molecule has 0 aromatic heterocycles. The van der Waals surface area contributed by atoms with Gasteiger partial charge in [-0.3, -0.25) is 4.79 Å². The smallest absolute Gasteiger partial charge is 0.154 e. The van der Waals surface area contributed by atoms with E-state index in [0.29, 0.717) is 12.2 Å². The molecule has 0 saturated carbocycles. The molecular weight excluding hydrogens is 218 g/mol. The van der Waals surface area contributed by atoms with E-state index in [0.717, 1.165) is 23.6 Å². The summed E-state index contributed by atoms with van der Waals surface area (Å²) in [6.07, 6.45) is 0.554. The molecule has 1 fully saturated rings. The fourth-order valence-electron chi connectivity index (χ4n) is 1.80. The summed E-state index contributed by atoms with van der Waals surface area (Å²) in [4.78, 5) is 12.0. The molecule has 1 aromatic carbocycles. The van der Waals surface area contributed by atoms with Crippen LogP contribution in [-0.2, 0) is 11.2 Å². The van der Waals surface area contributed by atoms with Gasteiger partial charge in [0, 0.05) is 24.5 Å². The van der Waals surface area contributed by atoms with Crippen molar-refractivity contribution < 1.29 is 4.79 Å². The zero-order valence-electron chi connectivity index (χ0n) is 9.53. The van der Waals surface area contributed by atoms with E-state index in [1.807, 2.05) is 23.9 Å². The summed E-state index contributed by atoms with van der Waals surface area (Å²) in [6.45, 7) is 3.01. The summed E-state index contributed by atoms with van der Waals surface area (Å²) in [6, 6.07) is 8.27. The van der Waals surface area contributed by atoms with Crippen LogP contribution in [0, 0.1) is 6.92 Å². The van der Waals surface area contributed by atoms with Crippen LogP contribution in [0.2, 0.25) is 0 Å². The maximum absolute atomic E-state index is 12.0. The largest absolute Gasteiger partial charge is 0.306 e. The number of Topliss-reactive ketones (excluding diaryl/α,β-unsaturated/α-hetero) is 1. The molecule has 1 aliphatic heterocycles. The van der Waals surface area contributed by atoms with E-state index < -0.39 is 0 Å². The number of hydrogen-bond donors (Lipinski definition) is 1. The molecule has 1 saturated heterocycles. The van der Waals surface area contributed by atoms with Gasteiger partial charge in [-0.25, -0.2) is 0 Å². The maximum Gasteiger partial charge on any atom is 0.154 e. The number of carbonyl (C=O) groups is 1. The number of thioether (sulfide) groups is 1. The highest BCUT2D eigenvalue weighted by Crippen LogP contribution is 2.11. The SMILES string of the molecule is Cc1ccc(CC(=O)C2CSCCN2)cc1. The molecule has 1 heterocycles. The topological polar surface area (TPSA) is 29.1 Å². The van der Waals surface area contributed by atoms with E-state index in [1.54, 1.807) is 0 Å². The molecular formula is C13H17NOS. The predicted molar refractivity (Wildman–Crippen MR) is 69.0 cm³/mol. The first kappa shape index (κ1) is 11.7. The molecule has 86 valence electrons. The molecule has 0 radical (unpaired) electrons. The Labute approximate surface area is 101 Å². The van der Waals surface area contributed by atoms with Crippen LogP contribution >= 0.6 is 11.8 Å². The standard InChI is InChI=1S/C13H17NOS/c1-10-2-4-11(5-3-10)8-13(15)12-9-16-7-6-14-12/h2-5,12,14H,6-9H2,1H3. The van der Waals surface area contributed by atoms with Gasteiger partial charge in [-0.05, 0) is 12.5 Å². The first-order valence-corrected chi connectivity index (χ1v) is 6.80. The molecule has 2 nitrogen and oxygen atoms in total. The van der Waals surface area contributed by atoms with E-state index >= 15 is 0 Å². The van der Waals surface area contributed by atoms with Crippen molar-refractivity contribution >= 4 is 17.5 Å². The van der Waals surface area contributed by atoms with Crippen molar-refractivity contribution in [3.8, 4) is 0 Å². The summed E-state index contributed by atoms with van der Waals surface area (Å²) < 4.78 is 0. The minimum atomic E-state index is 0.0556. The number of benzene rings is 1. The molecule has 3 heteroatoms. The number of hydrogen-bond acceptors (Lipinski definition) is 3. The van der Waals surface area contributed by atoms with Gasteiger partial charge in [0.15, 0.2) is 5.78 Å². The van der Waals surface area contributed by atoms with Crippen LogP contribution in [0.4, 0.5) is 0 Å². The van der Waals surface area contributed by atoms with Crippen LogP contribution in [0.5, 0.6) is 0 Å². The normalized spacial score (nSPS) is 20.7.